The predicted octanol–water partition coefficient (Wildman–Crippen LogP) is 2.86. The van der Waals surface area contributed by atoms with E-state index in [0.29, 0.717) is 19.2 Å². The first-order chi connectivity index (χ1) is 10.7. The SMILES string of the molecule is C.CCN1CC(C(F)c2cc(F)cc(F)c2F)C1.O=C(O)C(=O)O. The maximum atomic E-state index is 13.9. The first-order valence-electron chi connectivity index (χ1n) is 6.64. The van der Waals surface area contributed by atoms with Crippen LogP contribution < -0.4 is 0 Å². The van der Waals surface area contributed by atoms with Crippen molar-refractivity contribution in [3.05, 3.63) is 35.1 Å². The van der Waals surface area contributed by atoms with E-state index in [2.05, 4.69) is 0 Å². The molecule has 1 heterocycles. The molecule has 0 bridgehead atoms. The standard InChI is InChI=1S/C12H13F4N.C2H2O4.CH4/c1-2-17-5-7(6-17)11(15)9-3-8(13)4-10(14)12(9)16;3-1(4)2(5)6;/h3-4,7,11H,2,5-6H2,1H3;(H,3,4)(H,5,6);1H4. The van der Waals surface area contributed by atoms with Crippen molar-refractivity contribution in [2.75, 3.05) is 19.6 Å². The fourth-order valence-electron chi connectivity index (χ4n) is 2.08. The van der Waals surface area contributed by atoms with Gasteiger partial charge in [-0.25, -0.2) is 27.2 Å². The Morgan fingerprint density at radius 3 is 2.12 bits per heavy atom. The molecule has 1 aromatic rings. The Hall–Kier alpha value is -2.16. The minimum absolute atomic E-state index is 0. The van der Waals surface area contributed by atoms with Crippen LogP contribution in [-0.2, 0) is 9.59 Å². The quantitative estimate of drug-likeness (QED) is 0.496. The molecule has 5 nitrogen and oxygen atoms in total. The summed E-state index contributed by atoms with van der Waals surface area (Å²) in [6, 6.07) is 1.16. The van der Waals surface area contributed by atoms with Gasteiger partial charge in [-0.3, -0.25) is 0 Å². The van der Waals surface area contributed by atoms with Crippen molar-refractivity contribution in [1.29, 1.82) is 0 Å². The molecule has 24 heavy (non-hydrogen) atoms. The van der Waals surface area contributed by atoms with Crippen LogP contribution in [0.5, 0.6) is 0 Å². The number of hydrogen-bond acceptors (Lipinski definition) is 3. The van der Waals surface area contributed by atoms with Gasteiger partial charge in [0, 0.05) is 30.6 Å². The normalized spacial score (nSPS) is 15.4. The summed E-state index contributed by atoms with van der Waals surface area (Å²) >= 11 is 0. The summed E-state index contributed by atoms with van der Waals surface area (Å²) in [5.41, 5.74) is -0.511. The lowest BCUT2D eigenvalue weighted by Crippen LogP contribution is -2.48. The molecule has 0 saturated carbocycles. The van der Waals surface area contributed by atoms with Crippen LogP contribution in [0.4, 0.5) is 17.6 Å². The highest BCUT2D eigenvalue weighted by Gasteiger charge is 2.35. The number of carboxylic acids is 2. The zero-order valence-electron chi connectivity index (χ0n) is 12.1. The molecule has 1 aromatic carbocycles. The van der Waals surface area contributed by atoms with Gasteiger partial charge in [-0.2, -0.15) is 0 Å². The maximum absolute atomic E-state index is 13.9. The largest absolute Gasteiger partial charge is 0.473 e. The average molecular weight is 353 g/mol. The van der Waals surface area contributed by atoms with Crippen molar-refractivity contribution >= 4 is 11.9 Å². The molecule has 0 aliphatic carbocycles. The highest BCUT2D eigenvalue weighted by molar-refractivity contribution is 6.27. The number of carboxylic acid groups (broad SMARTS) is 2. The maximum Gasteiger partial charge on any atom is 0.414 e. The van der Waals surface area contributed by atoms with Gasteiger partial charge in [0.15, 0.2) is 11.6 Å². The third-order valence-corrected chi connectivity index (χ3v) is 3.35. The second kappa shape index (κ2) is 9.21. The fourth-order valence-corrected chi connectivity index (χ4v) is 2.08. The Labute approximate surface area is 136 Å². The van der Waals surface area contributed by atoms with Crippen LogP contribution in [0.15, 0.2) is 12.1 Å². The summed E-state index contributed by atoms with van der Waals surface area (Å²) in [7, 11) is 0. The Morgan fingerprint density at radius 2 is 1.71 bits per heavy atom. The molecule has 0 spiro atoms. The first kappa shape index (κ1) is 21.8. The predicted molar refractivity (Wildman–Crippen MR) is 77.8 cm³/mol. The molecule has 0 radical (unpaired) electrons. The van der Waals surface area contributed by atoms with Crippen LogP contribution in [0, 0.1) is 23.4 Å². The monoisotopic (exact) mass is 353 g/mol. The summed E-state index contributed by atoms with van der Waals surface area (Å²) < 4.78 is 53.1. The van der Waals surface area contributed by atoms with E-state index in [4.69, 9.17) is 19.8 Å². The molecule has 2 rings (SSSR count). The third-order valence-electron chi connectivity index (χ3n) is 3.35. The molecule has 1 unspecified atom stereocenters. The summed E-state index contributed by atoms with van der Waals surface area (Å²) in [4.78, 5) is 20.2. The van der Waals surface area contributed by atoms with Gasteiger partial charge < -0.3 is 15.1 Å². The minimum atomic E-state index is -1.82. The van der Waals surface area contributed by atoms with E-state index in [1.165, 1.54) is 0 Å². The van der Waals surface area contributed by atoms with E-state index < -0.39 is 41.1 Å². The molecule has 1 saturated heterocycles. The summed E-state index contributed by atoms with van der Waals surface area (Å²) in [5.74, 6) is -7.60. The molecule has 2 N–H and O–H groups in total. The molecular formula is C15H19F4NO4. The van der Waals surface area contributed by atoms with E-state index in [9.17, 15) is 17.6 Å². The van der Waals surface area contributed by atoms with Crippen molar-refractivity contribution in [1.82, 2.24) is 4.90 Å². The average Bonchev–Trinajstić information content (AvgIpc) is 2.42. The zero-order chi connectivity index (χ0) is 17.7. The number of nitrogens with zero attached hydrogens (tertiary/aromatic N) is 1. The van der Waals surface area contributed by atoms with Crippen molar-refractivity contribution in [2.24, 2.45) is 5.92 Å². The number of hydrogen-bond donors (Lipinski definition) is 2. The molecule has 1 atom stereocenters. The molecule has 9 heteroatoms. The van der Waals surface area contributed by atoms with Crippen LogP contribution in [0.1, 0.15) is 26.1 Å². The number of carbonyl (C=O) groups is 2. The van der Waals surface area contributed by atoms with Gasteiger partial charge in [-0.05, 0) is 12.6 Å². The summed E-state index contributed by atoms with van der Waals surface area (Å²) in [6.07, 6.45) is -1.65. The Morgan fingerprint density at radius 1 is 1.21 bits per heavy atom. The lowest BCUT2D eigenvalue weighted by molar-refractivity contribution is -0.159. The minimum Gasteiger partial charge on any atom is -0.473 e. The number of aliphatic carboxylic acids is 2. The Bertz CT molecular complexity index is 579. The molecule has 1 aliphatic rings. The molecule has 136 valence electrons. The number of halogens is 4. The first-order valence-corrected chi connectivity index (χ1v) is 6.64. The van der Waals surface area contributed by atoms with E-state index >= 15 is 0 Å². The highest BCUT2D eigenvalue weighted by Crippen LogP contribution is 2.35. The third kappa shape index (κ3) is 5.48. The van der Waals surface area contributed by atoms with Gasteiger partial charge in [0.25, 0.3) is 0 Å². The second-order valence-electron chi connectivity index (χ2n) is 4.92. The smallest absolute Gasteiger partial charge is 0.414 e. The van der Waals surface area contributed by atoms with Gasteiger partial charge in [0.05, 0.1) is 0 Å². The van der Waals surface area contributed by atoms with Crippen LogP contribution >= 0.6 is 0 Å². The van der Waals surface area contributed by atoms with Crippen LogP contribution in [0.25, 0.3) is 0 Å². The van der Waals surface area contributed by atoms with Crippen molar-refractivity contribution < 1.29 is 37.4 Å². The van der Waals surface area contributed by atoms with Crippen molar-refractivity contribution in [3.8, 4) is 0 Å². The lowest BCUT2D eigenvalue weighted by atomic mass is 9.90. The molecule has 1 fully saturated rings. The van der Waals surface area contributed by atoms with Crippen molar-refractivity contribution in [2.45, 2.75) is 20.5 Å². The van der Waals surface area contributed by atoms with E-state index in [-0.39, 0.29) is 13.3 Å². The Balaban J connectivity index is 0.000000655. The molecular weight excluding hydrogens is 334 g/mol. The van der Waals surface area contributed by atoms with Gasteiger partial charge in [-0.15, -0.1) is 0 Å². The van der Waals surface area contributed by atoms with Crippen LogP contribution in [-0.4, -0.2) is 46.7 Å². The number of rotatable bonds is 3. The molecule has 0 aromatic heterocycles. The van der Waals surface area contributed by atoms with Crippen molar-refractivity contribution in [3.63, 3.8) is 0 Å². The van der Waals surface area contributed by atoms with Crippen LogP contribution in [0.3, 0.4) is 0 Å². The van der Waals surface area contributed by atoms with Crippen LogP contribution in [0.2, 0.25) is 0 Å². The summed E-state index contributed by atoms with van der Waals surface area (Å²) in [6.45, 7) is 3.72. The van der Waals surface area contributed by atoms with Gasteiger partial charge in [0.2, 0.25) is 0 Å². The van der Waals surface area contributed by atoms with E-state index in [1.807, 2.05) is 11.8 Å². The van der Waals surface area contributed by atoms with Gasteiger partial charge in [0.1, 0.15) is 12.0 Å². The van der Waals surface area contributed by atoms with E-state index in [0.717, 1.165) is 12.6 Å². The Kier molecular flexibility index (Phi) is 8.38. The lowest BCUT2D eigenvalue weighted by Gasteiger charge is -2.40. The zero-order valence-corrected chi connectivity index (χ0v) is 12.1. The number of likely N-dealkylation sites (tertiary alicyclic amines) is 1. The van der Waals surface area contributed by atoms with Gasteiger partial charge in [-0.1, -0.05) is 14.4 Å². The number of benzene rings is 1. The second-order valence-corrected chi connectivity index (χ2v) is 4.92. The van der Waals surface area contributed by atoms with E-state index in [1.54, 1.807) is 0 Å². The molecule has 1 aliphatic heterocycles. The number of alkyl halides is 1. The fraction of sp³-hybridized carbons (Fsp3) is 0.467. The molecule has 0 amide bonds. The topological polar surface area (TPSA) is 77.8 Å². The summed E-state index contributed by atoms with van der Waals surface area (Å²) in [5, 5.41) is 14.8. The van der Waals surface area contributed by atoms with Gasteiger partial charge >= 0.3 is 11.9 Å². The highest BCUT2D eigenvalue weighted by atomic mass is 19.2.